The third-order valence-corrected chi connectivity index (χ3v) is 0. The average Bonchev–Trinajstić information content (AvgIpc) is 1.62. The van der Waals surface area contributed by atoms with Crippen LogP contribution in [0.5, 0.6) is 0 Å². The van der Waals surface area contributed by atoms with Gasteiger partial charge >= 0.3 is 49.6 Å². The molecule has 0 rings (SSSR count). The summed E-state index contributed by atoms with van der Waals surface area (Å²) in [7, 11) is 20.0. The first kappa shape index (κ1) is 17.7. The molecule has 11 heteroatoms. The molecule has 0 spiro atoms. The van der Waals surface area contributed by atoms with Crippen molar-refractivity contribution in [3.63, 3.8) is 0 Å². The summed E-state index contributed by atoms with van der Waals surface area (Å²) in [6, 6.07) is 0. The summed E-state index contributed by atoms with van der Waals surface area (Å²) in [6.07, 6.45) is 0. The van der Waals surface area contributed by atoms with Crippen LogP contribution in [-0.2, 0) is 11.9 Å². The van der Waals surface area contributed by atoms with Gasteiger partial charge in [0.15, 0.2) is 0 Å². The van der Waals surface area contributed by atoms with Gasteiger partial charge in [-0.1, -0.05) is 0 Å². The first-order valence-corrected chi connectivity index (χ1v) is 12.5. The number of halogens is 4. The Labute approximate surface area is 80.1 Å². The molecule has 11 heavy (non-hydrogen) atoms. The molecule has 0 amide bonds. The first-order chi connectivity index (χ1) is 4.83. The SMILES string of the molecule is O=N[O-].O=N[O-].[Cl][Pt]([Cl])([Cl])[Cl]. The maximum atomic E-state index is 8.00. The molecule has 0 aliphatic heterocycles. The molecule has 0 heterocycles. The fraction of sp³-hybridized carbons (Fsp3) is 0. The normalized spacial score (nSPS) is 9.09. The third-order valence-electron chi connectivity index (χ3n) is 0. The predicted molar refractivity (Wildman–Crippen MR) is 41.7 cm³/mol. The van der Waals surface area contributed by atoms with Crippen molar-refractivity contribution < 1.29 is 11.9 Å². The van der Waals surface area contributed by atoms with E-state index in [-0.39, 0.29) is 0 Å². The van der Waals surface area contributed by atoms with Gasteiger partial charge in [-0.3, -0.25) is 0 Å². The standard InChI is InChI=1S/4ClH.2HNO2.Pt/c;;;;2*2-1-3;/h4*1H;2*(H,2,3);/q;;;;;;+4/p-6. The van der Waals surface area contributed by atoms with Crippen LogP contribution in [0.25, 0.3) is 0 Å². The first-order valence-electron chi connectivity index (χ1n) is 1.21. The zero-order chi connectivity index (χ0) is 9.91. The van der Waals surface area contributed by atoms with Crippen LogP contribution in [0.1, 0.15) is 0 Å². The molecule has 0 bridgehead atoms. The molecule has 0 aromatic carbocycles. The third kappa shape index (κ3) is 1890. The molecule has 0 saturated heterocycles. The molecule has 0 N–H and O–H groups in total. The van der Waals surface area contributed by atoms with E-state index in [1.165, 1.54) is 0 Å². The van der Waals surface area contributed by atoms with Crippen molar-refractivity contribution in [3.05, 3.63) is 20.2 Å². The second-order valence-corrected chi connectivity index (χ2v) is 20.1. The van der Waals surface area contributed by atoms with E-state index in [0.717, 1.165) is 10.7 Å². The molecule has 0 fully saturated rings. The summed E-state index contributed by atoms with van der Waals surface area (Å²) in [6.45, 7) is 0. The number of hydrogen-bond acceptors (Lipinski definition) is 6. The van der Waals surface area contributed by atoms with Gasteiger partial charge < -0.3 is 20.2 Å². The molecule has 0 aromatic heterocycles. The molecule has 0 aliphatic carbocycles. The second kappa shape index (κ2) is 13.3. The van der Waals surface area contributed by atoms with Crippen molar-refractivity contribution >= 4 is 37.7 Å². The van der Waals surface area contributed by atoms with E-state index in [1.54, 1.807) is 0 Å². The van der Waals surface area contributed by atoms with E-state index in [1.807, 2.05) is 0 Å². The summed E-state index contributed by atoms with van der Waals surface area (Å²) in [4.78, 5) is 16.0. The Bertz CT molecular complexity index is 80.6. The van der Waals surface area contributed by atoms with E-state index < -0.39 is 11.9 Å². The average molecular weight is 429 g/mol. The van der Waals surface area contributed by atoms with Crippen molar-refractivity contribution in [2.45, 2.75) is 0 Å². The van der Waals surface area contributed by atoms with Crippen LogP contribution in [0.3, 0.4) is 0 Å². The topological polar surface area (TPSA) is 105 Å². The van der Waals surface area contributed by atoms with Crippen LogP contribution in [-0.4, -0.2) is 0 Å². The van der Waals surface area contributed by atoms with Crippen molar-refractivity contribution in [2.24, 2.45) is 10.7 Å². The molecule has 0 saturated carbocycles. The van der Waals surface area contributed by atoms with Gasteiger partial charge in [-0.15, -0.1) is 10.7 Å². The Kier molecular flexibility index (Phi) is 21.3. The monoisotopic (exact) mass is 427 g/mol. The zero-order valence-corrected chi connectivity index (χ0v) is 9.65. The summed E-state index contributed by atoms with van der Waals surface area (Å²) in [5, 5.41) is 18.0. The van der Waals surface area contributed by atoms with Gasteiger partial charge in [-0.25, -0.2) is 0 Å². The molecule has 6 nitrogen and oxygen atoms in total. The predicted octanol–water partition coefficient (Wildman–Crippen LogP) is 3.26. The van der Waals surface area contributed by atoms with E-state index in [2.05, 4.69) is 0 Å². The molecule has 0 radical (unpaired) electrons. The summed E-state index contributed by atoms with van der Waals surface area (Å²) >= 11 is -3.06. The van der Waals surface area contributed by atoms with E-state index in [9.17, 15) is 0 Å². The van der Waals surface area contributed by atoms with Gasteiger partial charge in [-0.2, -0.15) is 0 Å². The Balaban J connectivity index is -0.0000000933. The molecular weight excluding hydrogens is 429 g/mol. The van der Waals surface area contributed by atoms with Gasteiger partial charge in [0.25, 0.3) is 0 Å². The fourth-order valence-corrected chi connectivity index (χ4v) is 0. The van der Waals surface area contributed by atoms with Crippen molar-refractivity contribution in [1.82, 2.24) is 0 Å². The fourth-order valence-electron chi connectivity index (χ4n) is 0. The summed E-state index contributed by atoms with van der Waals surface area (Å²) < 4.78 is 0. The second-order valence-electron chi connectivity index (χ2n) is 0.420. The quantitative estimate of drug-likeness (QED) is 0.436. The minimum absolute atomic E-state index is 1.00. The Hall–Kier alpha value is 0.648. The van der Waals surface area contributed by atoms with Crippen molar-refractivity contribution in [2.75, 3.05) is 0 Å². The number of rotatable bonds is 0. The molecule has 0 aromatic rings. The van der Waals surface area contributed by atoms with Crippen LogP contribution in [0.15, 0.2) is 10.7 Å². The van der Waals surface area contributed by atoms with Crippen LogP contribution in [0.4, 0.5) is 0 Å². The van der Waals surface area contributed by atoms with Crippen molar-refractivity contribution in [1.29, 1.82) is 0 Å². The molecule has 0 unspecified atom stereocenters. The Morgan fingerprint density at radius 1 is 0.909 bits per heavy atom. The molecule has 0 atom stereocenters. The van der Waals surface area contributed by atoms with Crippen LogP contribution in [0.2, 0.25) is 0 Å². The van der Waals surface area contributed by atoms with Crippen LogP contribution >= 0.6 is 37.7 Å². The minimum atomic E-state index is -3.06. The molecule has 0 aliphatic rings. The van der Waals surface area contributed by atoms with Gasteiger partial charge in [0.05, 0.1) is 0 Å². The maximum absolute atomic E-state index is 8.00. The summed E-state index contributed by atoms with van der Waals surface area (Å²) in [5.74, 6) is 0. The summed E-state index contributed by atoms with van der Waals surface area (Å²) in [5.41, 5.74) is 0. The zero-order valence-electron chi connectivity index (χ0n) is 4.36. The van der Waals surface area contributed by atoms with Gasteiger partial charge in [0, 0.05) is 0 Å². The van der Waals surface area contributed by atoms with E-state index in [4.69, 9.17) is 57.9 Å². The number of hydrogen-bond donors (Lipinski definition) is 0. The molecular formula is Cl4N2O4Pt-2. The van der Waals surface area contributed by atoms with Crippen LogP contribution < -0.4 is 0 Å². The Morgan fingerprint density at radius 2 is 0.909 bits per heavy atom. The molecule has 74 valence electrons. The van der Waals surface area contributed by atoms with Gasteiger partial charge in [-0.05, 0) is 0 Å². The van der Waals surface area contributed by atoms with Crippen molar-refractivity contribution in [3.8, 4) is 0 Å². The van der Waals surface area contributed by atoms with Gasteiger partial charge in [0.1, 0.15) is 0 Å². The Morgan fingerprint density at radius 3 is 0.909 bits per heavy atom. The van der Waals surface area contributed by atoms with E-state index >= 15 is 0 Å². The number of nitrogens with zero attached hydrogens (tertiary/aromatic N) is 2. The van der Waals surface area contributed by atoms with E-state index in [0.29, 0.717) is 0 Å². The van der Waals surface area contributed by atoms with Gasteiger partial charge in [0.2, 0.25) is 0 Å². The van der Waals surface area contributed by atoms with Crippen LogP contribution in [0, 0.1) is 20.2 Å².